The van der Waals surface area contributed by atoms with Crippen molar-refractivity contribution in [2.75, 3.05) is 0 Å². The Balaban J connectivity index is 2.16. The quantitative estimate of drug-likeness (QED) is 0.817. The highest BCUT2D eigenvalue weighted by atomic mass is 32.1. The fourth-order valence-electron chi connectivity index (χ4n) is 1.93. The summed E-state index contributed by atoms with van der Waals surface area (Å²) in [7, 11) is 0. The summed E-state index contributed by atoms with van der Waals surface area (Å²) < 4.78 is 0. The van der Waals surface area contributed by atoms with E-state index in [4.69, 9.17) is 5.73 Å². The lowest BCUT2D eigenvalue weighted by Crippen LogP contribution is -2.31. The van der Waals surface area contributed by atoms with Gasteiger partial charge in [-0.15, -0.1) is 11.3 Å². The highest BCUT2D eigenvalue weighted by Crippen LogP contribution is 2.34. The second-order valence-corrected chi connectivity index (χ2v) is 4.69. The third-order valence-electron chi connectivity index (χ3n) is 2.80. The van der Waals surface area contributed by atoms with E-state index >= 15 is 0 Å². The number of carbonyl (C=O) groups is 2. The van der Waals surface area contributed by atoms with Crippen LogP contribution in [0.4, 0.5) is 0 Å². The van der Waals surface area contributed by atoms with Gasteiger partial charge >= 0.3 is 0 Å². The topological polar surface area (TPSA) is 73.1 Å². The Labute approximate surface area is 91.5 Å². The number of aromatic nitrogens is 1. The largest absolute Gasteiger partial charge is 0.369 e. The molecule has 1 heterocycles. The first-order chi connectivity index (χ1) is 7.18. The zero-order valence-corrected chi connectivity index (χ0v) is 9.00. The highest BCUT2D eigenvalue weighted by molar-refractivity contribution is 7.09. The van der Waals surface area contributed by atoms with Gasteiger partial charge in [-0.2, -0.15) is 0 Å². The smallest absolute Gasteiger partial charge is 0.220 e. The average Bonchev–Trinajstić information content (AvgIpc) is 2.71. The van der Waals surface area contributed by atoms with Gasteiger partial charge in [-0.1, -0.05) is 0 Å². The van der Waals surface area contributed by atoms with Crippen molar-refractivity contribution in [1.29, 1.82) is 0 Å². The van der Waals surface area contributed by atoms with Crippen molar-refractivity contribution in [2.45, 2.75) is 25.2 Å². The standard InChI is InChI=1S/C10H12N2O2S/c11-9(14)6-1-2-8(13)7(5-6)10-12-3-4-15-10/h3-4,6-7H,1-2,5H2,(H2,11,14). The number of primary amides is 1. The van der Waals surface area contributed by atoms with Crippen LogP contribution >= 0.6 is 11.3 Å². The molecule has 4 nitrogen and oxygen atoms in total. The van der Waals surface area contributed by atoms with Crippen LogP contribution < -0.4 is 5.73 Å². The molecule has 80 valence electrons. The Morgan fingerprint density at radius 1 is 1.60 bits per heavy atom. The summed E-state index contributed by atoms with van der Waals surface area (Å²) in [5, 5.41) is 2.65. The molecule has 1 fully saturated rings. The Kier molecular flexibility index (Phi) is 2.81. The molecule has 2 N–H and O–H groups in total. The number of hydrogen-bond donors (Lipinski definition) is 1. The summed E-state index contributed by atoms with van der Waals surface area (Å²) >= 11 is 1.46. The normalized spacial score (nSPS) is 26.5. The van der Waals surface area contributed by atoms with Crippen molar-refractivity contribution in [3.8, 4) is 0 Å². The number of nitrogens with two attached hydrogens (primary N) is 1. The number of thiazole rings is 1. The van der Waals surface area contributed by atoms with Gasteiger partial charge in [0.2, 0.25) is 5.91 Å². The molecule has 2 unspecified atom stereocenters. The third kappa shape index (κ3) is 2.07. The maximum Gasteiger partial charge on any atom is 0.220 e. The van der Waals surface area contributed by atoms with Gasteiger partial charge in [-0.25, -0.2) is 4.98 Å². The molecule has 0 aliphatic heterocycles. The summed E-state index contributed by atoms with van der Waals surface area (Å²) in [6.07, 6.45) is 3.25. The zero-order chi connectivity index (χ0) is 10.8. The molecule has 0 radical (unpaired) electrons. The summed E-state index contributed by atoms with van der Waals surface area (Å²) in [6, 6.07) is 0. The SMILES string of the molecule is NC(=O)C1CCC(=O)C(c2nccs2)C1. The van der Waals surface area contributed by atoms with Crippen molar-refractivity contribution >= 4 is 23.0 Å². The van der Waals surface area contributed by atoms with Gasteiger partial charge in [0, 0.05) is 23.9 Å². The second-order valence-electron chi connectivity index (χ2n) is 3.76. The highest BCUT2D eigenvalue weighted by Gasteiger charge is 2.33. The molecule has 15 heavy (non-hydrogen) atoms. The molecule has 1 saturated carbocycles. The zero-order valence-electron chi connectivity index (χ0n) is 8.18. The van der Waals surface area contributed by atoms with Gasteiger partial charge in [0.1, 0.15) is 10.8 Å². The predicted molar refractivity (Wildman–Crippen MR) is 56.4 cm³/mol. The Morgan fingerprint density at radius 3 is 3.00 bits per heavy atom. The van der Waals surface area contributed by atoms with E-state index in [9.17, 15) is 9.59 Å². The van der Waals surface area contributed by atoms with Crippen LogP contribution in [0.25, 0.3) is 0 Å². The number of carbonyl (C=O) groups excluding carboxylic acids is 2. The van der Waals surface area contributed by atoms with Gasteiger partial charge in [0.15, 0.2) is 0 Å². The summed E-state index contributed by atoms with van der Waals surface area (Å²) in [4.78, 5) is 26.9. The Hall–Kier alpha value is -1.23. The molecular weight excluding hydrogens is 212 g/mol. The lowest BCUT2D eigenvalue weighted by Gasteiger charge is -2.24. The van der Waals surface area contributed by atoms with Crippen molar-refractivity contribution in [3.63, 3.8) is 0 Å². The number of Topliss-reactive ketones (excluding diaryl/α,β-unsaturated/α-hetero) is 1. The molecule has 0 saturated heterocycles. The number of ketones is 1. The molecule has 0 aromatic carbocycles. The first-order valence-corrected chi connectivity index (χ1v) is 5.78. The lowest BCUT2D eigenvalue weighted by atomic mass is 9.80. The summed E-state index contributed by atoms with van der Waals surface area (Å²) in [5.74, 6) is -0.501. The van der Waals surface area contributed by atoms with Crippen LogP contribution in [0.3, 0.4) is 0 Å². The predicted octanol–water partition coefficient (Wildman–Crippen LogP) is 1.08. The minimum Gasteiger partial charge on any atom is -0.369 e. The maximum atomic E-state index is 11.7. The van der Waals surface area contributed by atoms with Crippen molar-refractivity contribution in [3.05, 3.63) is 16.6 Å². The fraction of sp³-hybridized carbons (Fsp3) is 0.500. The van der Waals surface area contributed by atoms with Crippen LogP contribution in [-0.4, -0.2) is 16.7 Å². The van der Waals surface area contributed by atoms with E-state index in [2.05, 4.69) is 4.98 Å². The number of nitrogens with zero attached hydrogens (tertiary/aromatic N) is 1. The van der Waals surface area contributed by atoms with E-state index in [0.717, 1.165) is 5.01 Å². The van der Waals surface area contributed by atoms with Gasteiger partial charge in [0.25, 0.3) is 0 Å². The molecule has 0 spiro atoms. The van der Waals surface area contributed by atoms with Gasteiger partial charge in [-0.05, 0) is 12.8 Å². The third-order valence-corrected chi connectivity index (χ3v) is 3.69. The van der Waals surface area contributed by atoms with Crippen LogP contribution in [-0.2, 0) is 9.59 Å². The molecule has 1 aromatic heterocycles. The second kappa shape index (κ2) is 4.10. The minimum atomic E-state index is -0.302. The van der Waals surface area contributed by atoms with E-state index in [-0.39, 0.29) is 23.5 Å². The van der Waals surface area contributed by atoms with E-state index in [1.165, 1.54) is 11.3 Å². The van der Waals surface area contributed by atoms with E-state index in [1.807, 2.05) is 5.38 Å². The fourth-order valence-corrected chi connectivity index (χ4v) is 2.70. The number of hydrogen-bond acceptors (Lipinski definition) is 4. The van der Waals surface area contributed by atoms with Gasteiger partial charge < -0.3 is 5.73 Å². The molecule has 5 heteroatoms. The van der Waals surface area contributed by atoms with Crippen molar-refractivity contribution in [1.82, 2.24) is 4.98 Å². The first kappa shape index (κ1) is 10.3. The molecule has 0 bridgehead atoms. The molecule has 2 atom stereocenters. The van der Waals surface area contributed by atoms with Crippen molar-refractivity contribution in [2.24, 2.45) is 11.7 Å². The van der Waals surface area contributed by atoms with E-state index < -0.39 is 0 Å². The van der Waals surface area contributed by atoms with Crippen LogP contribution in [0, 0.1) is 5.92 Å². The molecular formula is C10H12N2O2S. The van der Waals surface area contributed by atoms with E-state index in [0.29, 0.717) is 19.3 Å². The van der Waals surface area contributed by atoms with Gasteiger partial charge in [-0.3, -0.25) is 9.59 Å². The van der Waals surface area contributed by atoms with Crippen LogP contribution in [0.1, 0.15) is 30.2 Å². The van der Waals surface area contributed by atoms with Crippen LogP contribution in [0.2, 0.25) is 0 Å². The van der Waals surface area contributed by atoms with Crippen LogP contribution in [0.5, 0.6) is 0 Å². The molecule has 1 aliphatic carbocycles. The Bertz CT molecular complexity index is 375. The Morgan fingerprint density at radius 2 is 2.40 bits per heavy atom. The number of rotatable bonds is 2. The van der Waals surface area contributed by atoms with Crippen molar-refractivity contribution < 1.29 is 9.59 Å². The molecule has 1 aliphatic rings. The molecule has 1 aromatic rings. The number of amides is 1. The minimum absolute atomic E-state index is 0.170. The average molecular weight is 224 g/mol. The first-order valence-electron chi connectivity index (χ1n) is 4.90. The molecule has 2 rings (SSSR count). The van der Waals surface area contributed by atoms with E-state index in [1.54, 1.807) is 6.20 Å². The summed E-state index contributed by atoms with van der Waals surface area (Å²) in [5.41, 5.74) is 5.26. The lowest BCUT2D eigenvalue weighted by molar-refractivity contribution is -0.127. The molecule has 1 amide bonds. The maximum absolute atomic E-state index is 11.7. The van der Waals surface area contributed by atoms with Crippen LogP contribution in [0.15, 0.2) is 11.6 Å². The summed E-state index contributed by atoms with van der Waals surface area (Å²) in [6.45, 7) is 0. The van der Waals surface area contributed by atoms with Gasteiger partial charge in [0.05, 0.1) is 5.92 Å². The monoisotopic (exact) mass is 224 g/mol.